The summed E-state index contributed by atoms with van der Waals surface area (Å²) in [6.07, 6.45) is 5.40. The van der Waals surface area contributed by atoms with E-state index in [1.807, 2.05) is 0 Å². The lowest BCUT2D eigenvalue weighted by molar-refractivity contribution is 0.1000. The van der Waals surface area contributed by atoms with Crippen LogP contribution in [0.2, 0.25) is 0 Å². The van der Waals surface area contributed by atoms with Crippen LogP contribution in [0.4, 0.5) is 5.82 Å². The summed E-state index contributed by atoms with van der Waals surface area (Å²) < 4.78 is 0. The Morgan fingerprint density at radius 2 is 2.37 bits per heavy atom. The largest absolute Gasteiger partial charge is 0.366 e. The Morgan fingerprint density at radius 1 is 1.47 bits per heavy atom. The molecule has 1 aromatic rings. The van der Waals surface area contributed by atoms with Crippen LogP contribution in [0.5, 0.6) is 0 Å². The summed E-state index contributed by atoms with van der Waals surface area (Å²) >= 11 is 0. The predicted octanol–water partition coefficient (Wildman–Crippen LogP) is 0.760. The van der Waals surface area contributed by atoms with Crippen molar-refractivity contribution in [3.8, 4) is 0 Å². The quantitative estimate of drug-likeness (QED) is 0.823. The van der Waals surface area contributed by atoms with Gasteiger partial charge in [-0.1, -0.05) is 0 Å². The SMILES string of the molecule is NC(=O)c1ccnc(N2CC[C@@]3(CCCNC3)C2)c1. The van der Waals surface area contributed by atoms with E-state index in [0.717, 1.165) is 32.0 Å². The zero-order chi connectivity index (χ0) is 13.3. The zero-order valence-corrected chi connectivity index (χ0v) is 11.1. The van der Waals surface area contributed by atoms with Crippen LogP contribution in [-0.4, -0.2) is 37.1 Å². The van der Waals surface area contributed by atoms with Crippen LogP contribution >= 0.6 is 0 Å². The average molecular weight is 260 g/mol. The monoisotopic (exact) mass is 260 g/mol. The number of primary amides is 1. The maximum absolute atomic E-state index is 11.2. The van der Waals surface area contributed by atoms with Gasteiger partial charge in [0.2, 0.25) is 5.91 Å². The summed E-state index contributed by atoms with van der Waals surface area (Å²) in [5.74, 6) is 0.482. The molecule has 19 heavy (non-hydrogen) atoms. The highest BCUT2D eigenvalue weighted by Gasteiger charge is 2.39. The molecule has 3 rings (SSSR count). The number of aromatic nitrogens is 1. The van der Waals surface area contributed by atoms with Gasteiger partial charge < -0.3 is 16.0 Å². The van der Waals surface area contributed by atoms with Crippen molar-refractivity contribution in [2.24, 2.45) is 11.1 Å². The van der Waals surface area contributed by atoms with Crippen LogP contribution in [0.15, 0.2) is 18.3 Å². The molecule has 5 nitrogen and oxygen atoms in total. The minimum Gasteiger partial charge on any atom is -0.366 e. The topological polar surface area (TPSA) is 71.2 Å². The maximum atomic E-state index is 11.2. The summed E-state index contributed by atoms with van der Waals surface area (Å²) in [6.45, 7) is 4.27. The number of rotatable bonds is 2. The van der Waals surface area contributed by atoms with E-state index in [9.17, 15) is 4.79 Å². The Bertz CT molecular complexity index is 482. The molecule has 1 spiro atoms. The van der Waals surface area contributed by atoms with Crippen molar-refractivity contribution < 1.29 is 4.79 Å². The number of nitrogens with one attached hydrogen (secondary N) is 1. The van der Waals surface area contributed by atoms with Crippen LogP contribution in [0, 0.1) is 5.41 Å². The molecule has 0 unspecified atom stereocenters. The fourth-order valence-corrected chi connectivity index (χ4v) is 3.25. The molecular formula is C14H20N4O. The highest BCUT2D eigenvalue weighted by Crippen LogP contribution is 2.37. The Balaban J connectivity index is 1.77. The van der Waals surface area contributed by atoms with Gasteiger partial charge in [0.15, 0.2) is 0 Å². The number of hydrogen-bond donors (Lipinski definition) is 2. The Hall–Kier alpha value is -1.62. The van der Waals surface area contributed by atoms with E-state index in [2.05, 4.69) is 15.2 Å². The number of piperidine rings is 1. The van der Waals surface area contributed by atoms with Crippen molar-refractivity contribution >= 4 is 11.7 Å². The van der Waals surface area contributed by atoms with Crippen LogP contribution in [0.25, 0.3) is 0 Å². The first-order valence-corrected chi connectivity index (χ1v) is 6.90. The molecule has 1 atom stereocenters. The number of anilines is 1. The first-order valence-electron chi connectivity index (χ1n) is 6.90. The lowest BCUT2D eigenvalue weighted by atomic mass is 9.80. The van der Waals surface area contributed by atoms with E-state index < -0.39 is 5.91 Å². The summed E-state index contributed by atoms with van der Waals surface area (Å²) in [5, 5.41) is 3.50. The highest BCUT2D eigenvalue weighted by molar-refractivity contribution is 5.93. The first kappa shape index (κ1) is 12.4. The Morgan fingerprint density at radius 3 is 3.11 bits per heavy atom. The smallest absolute Gasteiger partial charge is 0.248 e. The third kappa shape index (κ3) is 2.42. The Kier molecular flexibility index (Phi) is 3.14. The molecule has 0 bridgehead atoms. The van der Waals surface area contributed by atoms with Crippen molar-refractivity contribution in [1.82, 2.24) is 10.3 Å². The Labute approximate surface area is 113 Å². The van der Waals surface area contributed by atoms with E-state index >= 15 is 0 Å². The number of carbonyl (C=O) groups excluding carboxylic acids is 1. The molecule has 2 fully saturated rings. The average Bonchev–Trinajstić information content (AvgIpc) is 2.83. The molecule has 3 N–H and O–H groups in total. The standard InChI is InChI=1S/C14H20N4O/c15-13(19)11-2-6-17-12(8-11)18-7-4-14(10-18)3-1-5-16-9-14/h2,6,8,16H,1,3-5,7,9-10H2,(H2,15,19)/t14-/m1/s1. The summed E-state index contributed by atoms with van der Waals surface area (Å²) in [5.41, 5.74) is 6.25. The molecule has 1 aromatic heterocycles. The van der Waals surface area contributed by atoms with Gasteiger partial charge in [-0.05, 0) is 37.9 Å². The number of amides is 1. The molecule has 2 aliphatic heterocycles. The molecular weight excluding hydrogens is 240 g/mol. The molecule has 1 amide bonds. The fourth-order valence-electron chi connectivity index (χ4n) is 3.25. The number of hydrogen-bond acceptors (Lipinski definition) is 4. The molecule has 102 valence electrons. The van der Waals surface area contributed by atoms with Gasteiger partial charge in [-0.3, -0.25) is 4.79 Å². The predicted molar refractivity (Wildman–Crippen MR) is 74.1 cm³/mol. The molecule has 0 saturated carbocycles. The van der Waals surface area contributed by atoms with Gasteiger partial charge in [0.25, 0.3) is 0 Å². The van der Waals surface area contributed by atoms with Gasteiger partial charge in [0.05, 0.1) is 0 Å². The number of carbonyl (C=O) groups is 1. The van der Waals surface area contributed by atoms with E-state index in [1.165, 1.54) is 19.3 Å². The van der Waals surface area contributed by atoms with Crippen LogP contribution < -0.4 is 16.0 Å². The number of nitrogens with two attached hydrogens (primary N) is 1. The van der Waals surface area contributed by atoms with Crippen molar-refractivity contribution in [2.75, 3.05) is 31.1 Å². The summed E-state index contributed by atoms with van der Waals surface area (Å²) in [4.78, 5) is 17.9. The van der Waals surface area contributed by atoms with Gasteiger partial charge >= 0.3 is 0 Å². The molecule has 2 aliphatic rings. The van der Waals surface area contributed by atoms with Gasteiger partial charge in [-0.25, -0.2) is 4.98 Å². The maximum Gasteiger partial charge on any atom is 0.248 e. The molecule has 0 radical (unpaired) electrons. The van der Waals surface area contributed by atoms with Gasteiger partial charge in [0, 0.05) is 36.8 Å². The second kappa shape index (κ2) is 4.81. The summed E-state index contributed by atoms with van der Waals surface area (Å²) in [6, 6.07) is 3.47. The van der Waals surface area contributed by atoms with Crippen LogP contribution in [-0.2, 0) is 0 Å². The van der Waals surface area contributed by atoms with Gasteiger partial charge in [-0.15, -0.1) is 0 Å². The molecule has 5 heteroatoms. The van der Waals surface area contributed by atoms with Crippen molar-refractivity contribution in [1.29, 1.82) is 0 Å². The van der Waals surface area contributed by atoms with E-state index in [-0.39, 0.29) is 0 Å². The van der Waals surface area contributed by atoms with Gasteiger partial charge in [0.1, 0.15) is 5.82 Å². The van der Waals surface area contributed by atoms with Crippen molar-refractivity contribution in [3.05, 3.63) is 23.9 Å². The second-order valence-corrected chi connectivity index (χ2v) is 5.72. The van der Waals surface area contributed by atoms with E-state index in [0.29, 0.717) is 11.0 Å². The third-order valence-electron chi connectivity index (χ3n) is 4.35. The molecule has 2 saturated heterocycles. The third-order valence-corrected chi connectivity index (χ3v) is 4.35. The number of nitrogens with zero attached hydrogens (tertiary/aromatic N) is 2. The first-order chi connectivity index (χ1) is 9.19. The molecule has 0 aromatic carbocycles. The van der Waals surface area contributed by atoms with Crippen LogP contribution in [0.1, 0.15) is 29.6 Å². The van der Waals surface area contributed by atoms with E-state index in [4.69, 9.17) is 5.73 Å². The highest BCUT2D eigenvalue weighted by atomic mass is 16.1. The molecule has 0 aliphatic carbocycles. The van der Waals surface area contributed by atoms with Crippen LogP contribution in [0.3, 0.4) is 0 Å². The van der Waals surface area contributed by atoms with Crippen molar-refractivity contribution in [2.45, 2.75) is 19.3 Å². The zero-order valence-electron chi connectivity index (χ0n) is 11.1. The lowest BCUT2D eigenvalue weighted by Crippen LogP contribution is -2.42. The summed E-state index contributed by atoms with van der Waals surface area (Å²) in [7, 11) is 0. The second-order valence-electron chi connectivity index (χ2n) is 5.72. The lowest BCUT2D eigenvalue weighted by Gasteiger charge is -2.33. The van der Waals surface area contributed by atoms with E-state index in [1.54, 1.807) is 18.3 Å². The minimum absolute atomic E-state index is 0.392. The fraction of sp³-hybridized carbons (Fsp3) is 0.571. The van der Waals surface area contributed by atoms with Crippen molar-refractivity contribution in [3.63, 3.8) is 0 Å². The molecule has 3 heterocycles. The van der Waals surface area contributed by atoms with Gasteiger partial charge in [-0.2, -0.15) is 0 Å². The minimum atomic E-state index is -0.392. The number of pyridine rings is 1. The normalized spacial score (nSPS) is 26.8.